The molecule has 0 atom stereocenters. The van der Waals surface area contributed by atoms with Crippen LogP contribution in [-0.4, -0.2) is 27.5 Å². The summed E-state index contributed by atoms with van der Waals surface area (Å²) in [5.41, 5.74) is -0.890. The van der Waals surface area contributed by atoms with Crippen LogP contribution in [0.15, 0.2) is 16.7 Å². The lowest BCUT2D eigenvalue weighted by atomic mass is 9.74. The molecule has 114 valence electrons. The van der Waals surface area contributed by atoms with Crippen LogP contribution in [0.25, 0.3) is 0 Å². The first kappa shape index (κ1) is 15.7. The Balaban J connectivity index is 2.11. The highest BCUT2D eigenvalue weighted by Gasteiger charge is 2.39. The third-order valence-corrected chi connectivity index (χ3v) is 4.50. The van der Waals surface area contributed by atoms with Crippen molar-refractivity contribution in [1.29, 1.82) is 0 Å². The first-order valence-corrected chi connectivity index (χ1v) is 7.51. The number of aromatic nitrogens is 1. The Hall–Kier alpha value is -1.70. The zero-order valence-corrected chi connectivity index (χ0v) is 12.9. The van der Waals surface area contributed by atoms with Crippen molar-refractivity contribution in [3.63, 3.8) is 0 Å². The van der Waals surface area contributed by atoms with E-state index in [0.717, 1.165) is 25.5 Å². The van der Waals surface area contributed by atoms with Gasteiger partial charge < -0.3 is 10.4 Å². The summed E-state index contributed by atoms with van der Waals surface area (Å²) < 4.78 is 0.452. The van der Waals surface area contributed by atoms with Crippen LogP contribution in [0.5, 0.6) is 0 Å². The smallest absolute Gasteiger partial charge is 0.311 e. The van der Waals surface area contributed by atoms with E-state index in [1.165, 1.54) is 6.07 Å². The van der Waals surface area contributed by atoms with Crippen molar-refractivity contribution in [3.05, 3.63) is 26.9 Å². The summed E-state index contributed by atoms with van der Waals surface area (Å²) in [6, 6.07) is 1.35. The van der Waals surface area contributed by atoms with Gasteiger partial charge in [-0.1, -0.05) is 19.3 Å². The molecule has 2 N–H and O–H groups in total. The Morgan fingerprint density at radius 3 is 2.67 bits per heavy atom. The van der Waals surface area contributed by atoms with Crippen molar-refractivity contribution in [1.82, 2.24) is 4.98 Å². The Labute approximate surface area is 130 Å². The lowest BCUT2D eigenvalue weighted by molar-refractivity contribution is -0.385. The van der Waals surface area contributed by atoms with Gasteiger partial charge in [0.05, 0.1) is 14.8 Å². The molecule has 1 heterocycles. The summed E-state index contributed by atoms with van der Waals surface area (Å²) in [5, 5.41) is 23.2. The molecule has 0 aromatic carbocycles. The quantitative estimate of drug-likeness (QED) is 0.619. The van der Waals surface area contributed by atoms with Crippen LogP contribution >= 0.6 is 15.9 Å². The normalized spacial score (nSPS) is 17.2. The molecular weight excluding hydrogens is 342 g/mol. The lowest BCUT2D eigenvalue weighted by Crippen LogP contribution is -2.39. The summed E-state index contributed by atoms with van der Waals surface area (Å²) in [6.07, 6.45) is 5.31. The van der Waals surface area contributed by atoms with Crippen molar-refractivity contribution in [2.24, 2.45) is 5.41 Å². The van der Waals surface area contributed by atoms with Crippen LogP contribution < -0.4 is 5.32 Å². The van der Waals surface area contributed by atoms with E-state index in [4.69, 9.17) is 0 Å². The maximum Gasteiger partial charge on any atom is 0.311 e. The number of nitro groups is 1. The van der Waals surface area contributed by atoms with Crippen molar-refractivity contribution < 1.29 is 14.8 Å². The second-order valence-corrected chi connectivity index (χ2v) is 6.14. The van der Waals surface area contributed by atoms with Crippen molar-refractivity contribution in [2.75, 3.05) is 11.9 Å². The number of halogens is 1. The average Bonchev–Trinajstić information content (AvgIpc) is 2.46. The Kier molecular flexibility index (Phi) is 4.76. The fourth-order valence-corrected chi connectivity index (χ4v) is 3.08. The molecule has 1 saturated carbocycles. The molecule has 1 fully saturated rings. The van der Waals surface area contributed by atoms with E-state index in [1.54, 1.807) is 0 Å². The highest BCUT2D eigenvalue weighted by Crippen LogP contribution is 2.37. The van der Waals surface area contributed by atoms with E-state index < -0.39 is 16.3 Å². The van der Waals surface area contributed by atoms with E-state index in [9.17, 15) is 20.0 Å². The summed E-state index contributed by atoms with van der Waals surface area (Å²) in [4.78, 5) is 25.7. The molecule has 1 aliphatic rings. The largest absolute Gasteiger partial charge is 0.481 e. The van der Waals surface area contributed by atoms with Gasteiger partial charge in [0, 0.05) is 12.6 Å². The summed E-state index contributed by atoms with van der Waals surface area (Å²) in [6.45, 7) is 0.270. The number of carboxylic acid groups (broad SMARTS) is 1. The molecule has 0 spiro atoms. The minimum absolute atomic E-state index is 0.113. The maximum atomic E-state index is 11.6. The fraction of sp³-hybridized carbons (Fsp3) is 0.538. The van der Waals surface area contributed by atoms with Gasteiger partial charge in [-0.05, 0) is 28.8 Å². The minimum Gasteiger partial charge on any atom is -0.481 e. The first-order chi connectivity index (χ1) is 9.94. The number of rotatable bonds is 5. The van der Waals surface area contributed by atoms with E-state index in [0.29, 0.717) is 23.1 Å². The van der Waals surface area contributed by atoms with Crippen LogP contribution in [0.2, 0.25) is 0 Å². The molecule has 1 aliphatic carbocycles. The summed E-state index contributed by atoms with van der Waals surface area (Å²) in [5.74, 6) is -0.375. The van der Waals surface area contributed by atoms with Gasteiger partial charge in [-0.25, -0.2) is 4.98 Å². The Morgan fingerprint density at radius 2 is 2.14 bits per heavy atom. The van der Waals surface area contributed by atoms with Crippen LogP contribution in [-0.2, 0) is 4.79 Å². The van der Waals surface area contributed by atoms with Crippen LogP contribution in [0.4, 0.5) is 11.5 Å². The molecule has 2 rings (SSSR count). The number of nitrogens with zero attached hydrogens (tertiary/aromatic N) is 2. The third kappa shape index (κ3) is 3.49. The molecule has 1 aromatic rings. The predicted octanol–water partition coefficient (Wildman–Crippen LogP) is 3.20. The Morgan fingerprint density at radius 1 is 1.48 bits per heavy atom. The molecule has 0 bridgehead atoms. The summed E-state index contributed by atoms with van der Waals surface area (Å²) in [7, 11) is 0. The van der Waals surface area contributed by atoms with Gasteiger partial charge in [0.2, 0.25) is 0 Å². The SMILES string of the molecule is O=C(O)C1(CNc2ncc([N+](=O)[O-])cc2Br)CCCCC1. The molecule has 1 aromatic heterocycles. The zero-order valence-electron chi connectivity index (χ0n) is 11.3. The molecule has 8 heteroatoms. The number of nitrogens with one attached hydrogen (secondary N) is 1. The van der Waals surface area contributed by atoms with Gasteiger partial charge in [0.25, 0.3) is 5.69 Å². The fourth-order valence-electron chi connectivity index (χ4n) is 2.61. The van der Waals surface area contributed by atoms with Crippen LogP contribution in [0.1, 0.15) is 32.1 Å². The predicted molar refractivity (Wildman–Crippen MR) is 80.2 cm³/mol. The highest BCUT2D eigenvalue weighted by molar-refractivity contribution is 9.10. The standard InChI is InChI=1S/C13H16BrN3O4/c14-10-6-9(17(20)21)7-15-11(10)16-8-13(12(18)19)4-2-1-3-5-13/h6-7H,1-5,8H2,(H,15,16)(H,18,19). The van der Waals surface area contributed by atoms with Gasteiger partial charge in [-0.2, -0.15) is 0 Å². The van der Waals surface area contributed by atoms with E-state index >= 15 is 0 Å². The molecular formula is C13H16BrN3O4. The number of anilines is 1. The molecule has 0 unspecified atom stereocenters. The number of pyridine rings is 1. The van der Waals surface area contributed by atoms with Gasteiger partial charge >= 0.3 is 5.97 Å². The van der Waals surface area contributed by atoms with Gasteiger partial charge in [0.15, 0.2) is 0 Å². The number of hydrogen-bond acceptors (Lipinski definition) is 5. The maximum absolute atomic E-state index is 11.6. The third-order valence-electron chi connectivity index (χ3n) is 3.90. The molecule has 21 heavy (non-hydrogen) atoms. The van der Waals surface area contributed by atoms with Crippen molar-refractivity contribution in [2.45, 2.75) is 32.1 Å². The zero-order chi connectivity index (χ0) is 15.5. The number of carboxylic acids is 1. The second-order valence-electron chi connectivity index (χ2n) is 5.28. The molecule has 0 amide bonds. The lowest BCUT2D eigenvalue weighted by Gasteiger charge is -2.33. The van der Waals surface area contributed by atoms with Gasteiger partial charge in [-0.3, -0.25) is 14.9 Å². The average molecular weight is 358 g/mol. The number of hydrogen-bond donors (Lipinski definition) is 2. The van der Waals surface area contributed by atoms with E-state index in [-0.39, 0.29) is 12.2 Å². The van der Waals surface area contributed by atoms with E-state index in [1.807, 2.05) is 0 Å². The topological polar surface area (TPSA) is 105 Å². The molecule has 0 aliphatic heterocycles. The van der Waals surface area contributed by atoms with Gasteiger partial charge in [-0.15, -0.1) is 0 Å². The van der Waals surface area contributed by atoms with Crippen LogP contribution in [0, 0.1) is 15.5 Å². The molecule has 0 saturated heterocycles. The first-order valence-electron chi connectivity index (χ1n) is 6.72. The monoisotopic (exact) mass is 357 g/mol. The van der Waals surface area contributed by atoms with Gasteiger partial charge in [0.1, 0.15) is 12.0 Å². The van der Waals surface area contributed by atoms with Crippen molar-refractivity contribution in [3.8, 4) is 0 Å². The van der Waals surface area contributed by atoms with E-state index in [2.05, 4.69) is 26.2 Å². The Bertz CT molecular complexity index is 558. The minimum atomic E-state index is -0.798. The highest BCUT2D eigenvalue weighted by atomic mass is 79.9. The van der Waals surface area contributed by atoms with Crippen molar-refractivity contribution >= 4 is 33.4 Å². The second kappa shape index (κ2) is 6.38. The number of carbonyl (C=O) groups is 1. The molecule has 0 radical (unpaired) electrons. The molecule has 7 nitrogen and oxygen atoms in total. The summed E-state index contributed by atoms with van der Waals surface area (Å²) >= 11 is 3.22. The van der Waals surface area contributed by atoms with Crippen LogP contribution in [0.3, 0.4) is 0 Å². The number of aliphatic carboxylic acids is 1.